The Morgan fingerprint density at radius 2 is 1.78 bits per heavy atom. The van der Waals surface area contributed by atoms with E-state index in [0.29, 0.717) is 25.6 Å². The van der Waals surface area contributed by atoms with Crippen molar-refractivity contribution in [2.45, 2.75) is 63.7 Å². The first-order valence-electron chi connectivity index (χ1n) is 10.6. The fourth-order valence-corrected chi connectivity index (χ4v) is 6.43. The average Bonchev–Trinajstić information content (AvgIpc) is 2.63. The second-order valence-electron chi connectivity index (χ2n) is 9.00. The third-order valence-corrected chi connectivity index (χ3v) is 7.07. The van der Waals surface area contributed by atoms with E-state index in [-0.39, 0.29) is 5.41 Å². The molecule has 0 heterocycles. The molecule has 27 heavy (non-hydrogen) atoms. The van der Waals surface area contributed by atoms with Gasteiger partial charge in [-0.05, 0) is 105 Å². The highest BCUT2D eigenvalue weighted by molar-refractivity contribution is 5.88. The molecule has 4 nitrogen and oxygen atoms in total. The zero-order valence-electron chi connectivity index (χ0n) is 16.4. The Kier molecular flexibility index (Phi) is 5.56. The molecule has 0 aliphatic heterocycles. The number of hydrogen-bond donors (Lipinski definition) is 1. The van der Waals surface area contributed by atoms with Gasteiger partial charge in [0.05, 0.1) is 5.56 Å². The average molecular weight is 373 g/mol. The van der Waals surface area contributed by atoms with Gasteiger partial charge in [-0.1, -0.05) is 6.07 Å². The summed E-state index contributed by atoms with van der Waals surface area (Å²) in [7, 11) is 0. The molecule has 4 aliphatic rings. The van der Waals surface area contributed by atoms with Crippen molar-refractivity contribution < 1.29 is 19.4 Å². The molecule has 4 aliphatic carbocycles. The van der Waals surface area contributed by atoms with Crippen molar-refractivity contribution >= 4 is 5.97 Å². The first-order valence-corrected chi connectivity index (χ1v) is 10.6. The van der Waals surface area contributed by atoms with Gasteiger partial charge in [-0.2, -0.15) is 0 Å². The van der Waals surface area contributed by atoms with Gasteiger partial charge in [0, 0.05) is 13.2 Å². The lowest BCUT2D eigenvalue weighted by molar-refractivity contribution is -0.0498. The maximum Gasteiger partial charge on any atom is 0.335 e. The molecule has 4 bridgehead atoms. The molecule has 1 aromatic rings. The summed E-state index contributed by atoms with van der Waals surface area (Å²) < 4.78 is 10.8. The molecule has 1 N–H and O–H groups in total. The minimum atomic E-state index is -0.812. The molecule has 4 saturated carbocycles. The molecule has 5 rings (SSSR count). The number of carbonyl (C=O) groups is 1. The summed E-state index contributed by atoms with van der Waals surface area (Å²) in [6.07, 6.45) is 9.87. The predicted molar refractivity (Wildman–Crippen MR) is 104 cm³/mol. The van der Waals surface area contributed by atoms with Crippen molar-refractivity contribution in [3.8, 4) is 0 Å². The van der Waals surface area contributed by atoms with Crippen LogP contribution in [0.4, 0.5) is 0 Å². The number of aryl methyl sites for hydroxylation is 1. The van der Waals surface area contributed by atoms with Crippen LogP contribution < -0.4 is 0 Å². The van der Waals surface area contributed by atoms with Crippen LogP contribution >= 0.6 is 0 Å². The molecule has 1 aromatic carbocycles. The summed E-state index contributed by atoms with van der Waals surface area (Å²) in [5.74, 6) is 1.75. The van der Waals surface area contributed by atoms with Crippen LogP contribution in [0.2, 0.25) is 0 Å². The van der Waals surface area contributed by atoms with Crippen molar-refractivity contribution in [1.29, 1.82) is 0 Å². The molecule has 0 aromatic heterocycles. The van der Waals surface area contributed by atoms with Gasteiger partial charge in [0.2, 0.25) is 0 Å². The van der Waals surface area contributed by atoms with E-state index in [4.69, 9.17) is 9.47 Å². The maximum atomic E-state index is 11.6. The molecule has 0 atom stereocenters. The summed E-state index contributed by atoms with van der Waals surface area (Å²) in [5.41, 5.74) is 3.34. The third-order valence-electron chi connectivity index (χ3n) is 7.07. The molecule has 0 amide bonds. The molecule has 0 spiro atoms. The number of benzene rings is 1. The summed E-state index contributed by atoms with van der Waals surface area (Å²) in [6, 6.07) is 5.86. The van der Waals surface area contributed by atoms with Crippen LogP contribution in [0.25, 0.3) is 0 Å². The molecule has 0 unspecified atom stereocenters. The van der Waals surface area contributed by atoms with E-state index >= 15 is 0 Å². The van der Waals surface area contributed by atoms with Crippen LogP contribution in [0.1, 0.15) is 73.4 Å². The second-order valence-corrected chi connectivity index (χ2v) is 9.00. The molecule has 148 valence electrons. The molecular formula is C23H32O4. The molecule has 4 fully saturated rings. The quantitative estimate of drug-likeness (QED) is 0.500. The number of carboxylic acid groups (broad SMARTS) is 1. The van der Waals surface area contributed by atoms with Gasteiger partial charge in [-0.25, -0.2) is 4.79 Å². The van der Waals surface area contributed by atoms with Gasteiger partial charge in [0.15, 0.2) is 0 Å². The Morgan fingerprint density at radius 3 is 2.37 bits per heavy atom. The summed E-state index contributed by atoms with van der Waals surface area (Å²) in [5, 5.41) is 9.54. The minimum absolute atomic E-state index is 0.224. The number of aromatic carboxylic acids is 1. The van der Waals surface area contributed by atoms with Gasteiger partial charge in [-0.3, -0.25) is 0 Å². The maximum absolute atomic E-state index is 11.6. The highest BCUT2D eigenvalue weighted by atomic mass is 16.7. The van der Waals surface area contributed by atoms with E-state index in [1.165, 1.54) is 49.7 Å². The largest absolute Gasteiger partial charge is 0.478 e. The molecule has 4 heteroatoms. The van der Waals surface area contributed by atoms with Gasteiger partial charge < -0.3 is 14.6 Å². The lowest BCUT2D eigenvalue weighted by atomic mass is 9.47. The van der Waals surface area contributed by atoms with Gasteiger partial charge in [-0.15, -0.1) is 0 Å². The Hall–Kier alpha value is -1.39. The van der Waals surface area contributed by atoms with Crippen molar-refractivity contribution in [1.82, 2.24) is 0 Å². The van der Waals surface area contributed by atoms with Crippen LogP contribution in [0.15, 0.2) is 18.2 Å². The number of hydrogen-bond acceptors (Lipinski definition) is 3. The first-order chi connectivity index (χ1) is 13.1. The number of carboxylic acids is 1. The van der Waals surface area contributed by atoms with E-state index in [0.717, 1.165) is 30.6 Å². The van der Waals surface area contributed by atoms with E-state index in [2.05, 4.69) is 6.07 Å². The van der Waals surface area contributed by atoms with Crippen molar-refractivity contribution in [3.63, 3.8) is 0 Å². The SMILES string of the molecule is CCOCOCCCc1ccc(C(=O)O)cc1C12CC3CC(CC(C3)C1)C2. The number of ether oxygens (including phenoxy) is 2. The van der Waals surface area contributed by atoms with E-state index in [9.17, 15) is 9.90 Å². The van der Waals surface area contributed by atoms with Gasteiger partial charge in [0.1, 0.15) is 6.79 Å². The van der Waals surface area contributed by atoms with E-state index < -0.39 is 5.97 Å². The van der Waals surface area contributed by atoms with Gasteiger partial charge in [0.25, 0.3) is 0 Å². The molecular weight excluding hydrogens is 340 g/mol. The zero-order chi connectivity index (χ0) is 18.9. The lowest BCUT2D eigenvalue weighted by Crippen LogP contribution is -2.49. The van der Waals surface area contributed by atoms with Crippen molar-refractivity contribution in [2.24, 2.45) is 17.8 Å². The predicted octanol–water partition coefficient (Wildman–Crippen LogP) is 4.80. The van der Waals surface area contributed by atoms with Crippen molar-refractivity contribution in [3.05, 3.63) is 34.9 Å². The van der Waals surface area contributed by atoms with Crippen LogP contribution in [-0.4, -0.2) is 31.1 Å². The normalized spacial score (nSPS) is 31.4. The van der Waals surface area contributed by atoms with E-state index in [1.54, 1.807) is 6.07 Å². The van der Waals surface area contributed by atoms with Crippen LogP contribution in [-0.2, 0) is 21.3 Å². The number of rotatable bonds is 9. The van der Waals surface area contributed by atoms with Crippen LogP contribution in [0, 0.1) is 17.8 Å². The van der Waals surface area contributed by atoms with Gasteiger partial charge >= 0.3 is 5.97 Å². The topological polar surface area (TPSA) is 55.8 Å². The van der Waals surface area contributed by atoms with Crippen LogP contribution in [0.5, 0.6) is 0 Å². The monoisotopic (exact) mass is 372 g/mol. The second kappa shape index (κ2) is 7.92. The molecule has 0 radical (unpaired) electrons. The van der Waals surface area contributed by atoms with E-state index in [1.807, 2.05) is 13.0 Å². The summed E-state index contributed by atoms with van der Waals surface area (Å²) >= 11 is 0. The smallest absolute Gasteiger partial charge is 0.335 e. The summed E-state index contributed by atoms with van der Waals surface area (Å²) in [6.45, 7) is 3.68. The standard InChI is InChI=1S/C23H32O4/c1-2-26-15-27-7-3-4-19-5-6-20(22(24)25)11-21(19)23-12-16-8-17(13-23)10-18(9-16)14-23/h5-6,11,16-18H,2-4,7-10,12-15H2,1H3,(H,24,25). The fourth-order valence-electron chi connectivity index (χ4n) is 6.43. The third kappa shape index (κ3) is 3.93. The minimum Gasteiger partial charge on any atom is -0.478 e. The first kappa shape index (κ1) is 18.9. The Morgan fingerprint density at radius 1 is 1.11 bits per heavy atom. The Balaban J connectivity index is 1.54. The van der Waals surface area contributed by atoms with Crippen LogP contribution in [0.3, 0.4) is 0 Å². The molecule has 0 saturated heterocycles. The lowest BCUT2D eigenvalue weighted by Gasteiger charge is -2.57. The Bertz CT molecular complexity index is 646. The van der Waals surface area contributed by atoms with Crippen molar-refractivity contribution in [2.75, 3.05) is 20.0 Å². The zero-order valence-corrected chi connectivity index (χ0v) is 16.4. The fraction of sp³-hybridized carbons (Fsp3) is 0.696. The summed E-state index contributed by atoms with van der Waals surface area (Å²) in [4.78, 5) is 11.6. The highest BCUT2D eigenvalue weighted by Crippen LogP contribution is 2.61. The highest BCUT2D eigenvalue weighted by Gasteiger charge is 2.52. The Labute approximate surface area is 162 Å².